The minimum atomic E-state index is -3.67. The maximum Gasteiger partial charge on any atom is 0.232 e. The van der Waals surface area contributed by atoms with Gasteiger partial charge in [0.2, 0.25) is 15.0 Å². The van der Waals surface area contributed by atoms with Gasteiger partial charge in [0, 0.05) is 35.6 Å². The van der Waals surface area contributed by atoms with Gasteiger partial charge in [-0.2, -0.15) is 0 Å². The number of anilines is 1. The van der Waals surface area contributed by atoms with Crippen molar-refractivity contribution >= 4 is 47.3 Å². The van der Waals surface area contributed by atoms with Crippen molar-refractivity contribution in [3.63, 3.8) is 0 Å². The van der Waals surface area contributed by atoms with Crippen molar-refractivity contribution in [3.05, 3.63) is 22.4 Å². The second-order valence-electron chi connectivity index (χ2n) is 4.72. The fourth-order valence-corrected chi connectivity index (χ4v) is 3.95. The van der Waals surface area contributed by atoms with Crippen LogP contribution in [0, 0.1) is 11.7 Å². The van der Waals surface area contributed by atoms with Crippen LogP contribution in [0.25, 0.3) is 0 Å². The van der Waals surface area contributed by atoms with Gasteiger partial charge in [0.1, 0.15) is 11.6 Å². The topological polar surface area (TPSA) is 63.7 Å². The van der Waals surface area contributed by atoms with Gasteiger partial charge in [-0.1, -0.05) is 0 Å². The first-order valence-electron chi connectivity index (χ1n) is 5.97. The van der Waals surface area contributed by atoms with Gasteiger partial charge in [-0.3, -0.25) is 4.79 Å². The molecule has 21 heavy (non-hydrogen) atoms. The Balaban J connectivity index is 2.31. The van der Waals surface area contributed by atoms with Crippen LogP contribution in [-0.4, -0.2) is 33.7 Å². The molecule has 0 radical (unpaired) electrons. The molecule has 0 aliphatic carbocycles. The maximum atomic E-state index is 13.5. The number of hydrogen-bond acceptors (Lipinski definition) is 4. The number of carbonyl (C=O) groups excluding carboxylic acids is 1. The van der Waals surface area contributed by atoms with E-state index in [1.54, 1.807) is 0 Å². The van der Waals surface area contributed by atoms with Crippen LogP contribution in [0.4, 0.5) is 10.1 Å². The van der Waals surface area contributed by atoms with Crippen molar-refractivity contribution in [1.82, 2.24) is 0 Å². The summed E-state index contributed by atoms with van der Waals surface area (Å²) in [6.45, 7) is 0.194. The van der Waals surface area contributed by atoms with Crippen molar-refractivity contribution in [1.29, 1.82) is 0 Å². The highest BCUT2D eigenvalue weighted by molar-refractivity contribution is 9.10. The Bertz CT molecular complexity index is 682. The average molecular weight is 401 g/mol. The van der Waals surface area contributed by atoms with E-state index in [2.05, 4.69) is 15.9 Å². The van der Waals surface area contributed by atoms with Crippen LogP contribution in [0.15, 0.2) is 16.6 Å². The van der Waals surface area contributed by atoms with Crippen molar-refractivity contribution in [2.75, 3.05) is 24.3 Å². The highest BCUT2D eigenvalue weighted by Gasteiger charge is 2.34. The molecule has 9 heteroatoms. The molecular weight excluding hydrogens is 389 g/mol. The summed E-state index contributed by atoms with van der Waals surface area (Å²) in [5.41, 5.74) is 0.394. The average Bonchev–Trinajstić information content (AvgIpc) is 2.70. The molecule has 1 aliphatic heterocycles. The molecule has 0 spiro atoms. The Kier molecular flexibility index (Phi) is 4.79. The van der Waals surface area contributed by atoms with Crippen LogP contribution >= 0.6 is 26.6 Å². The fraction of sp³-hybridized carbons (Fsp3) is 0.417. The molecule has 2 rings (SSSR count). The molecule has 1 heterocycles. The number of halogens is 3. The van der Waals surface area contributed by atoms with Crippen LogP contribution in [0.5, 0.6) is 5.75 Å². The van der Waals surface area contributed by atoms with E-state index in [-0.39, 0.29) is 34.8 Å². The third-order valence-corrected chi connectivity index (χ3v) is 5.01. The van der Waals surface area contributed by atoms with Gasteiger partial charge in [0.25, 0.3) is 0 Å². The van der Waals surface area contributed by atoms with E-state index in [1.807, 2.05) is 0 Å². The third kappa shape index (κ3) is 3.87. The Labute approximate surface area is 134 Å². The van der Waals surface area contributed by atoms with Crippen molar-refractivity contribution in [3.8, 4) is 5.75 Å². The lowest BCUT2D eigenvalue weighted by molar-refractivity contribution is -0.117. The number of nitrogens with zero attached hydrogens (tertiary/aromatic N) is 1. The number of ether oxygens (including phenoxy) is 1. The van der Waals surface area contributed by atoms with E-state index < -0.39 is 20.8 Å². The van der Waals surface area contributed by atoms with Crippen molar-refractivity contribution in [2.24, 2.45) is 5.92 Å². The number of carbonyl (C=O) groups is 1. The normalized spacial score (nSPS) is 19.1. The number of benzene rings is 1. The first kappa shape index (κ1) is 16.5. The maximum absolute atomic E-state index is 13.5. The molecular formula is C12H12BrClFNO4S. The Morgan fingerprint density at radius 1 is 1.52 bits per heavy atom. The molecule has 1 fully saturated rings. The molecule has 5 nitrogen and oxygen atoms in total. The SMILES string of the molecule is COc1cc(F)c(Br)cc1N1CC(CS(=O)(=O)Cl)CC1=O. The van der Waals surface area contributed by atoms with Gasteiger partial charge >= 0.3 is 0 Å². The molecule has 1 amide bonds. The second-order valence-corrected chi connectivity index (χ2v) is 8.39. The van der Waals surface area contributed by atoms with E-state index in [1.165, 1.54) is 18.1 Å². The molecule has 0 N–H and O–H groups in total. The van der Waals surface area contributed by atoms with Crippen LogP contribution in [0.1, 0.15) is 6.42 Å². The molecule has 0 saturated carbocycles. The molecule has 0 aromatic heterocycles. The largest absolute Gasteiger partial charge is 0.494 e. The minimum absolute atomic E-state index is 0.0735. The zero-order valence-electron chi connectivity index (χ0n) is 11.0. The van der Waals surface area contributed by atoms with E-state index >= 15 is 0 Å². The summed E-state index contributed by atoms with van der Waals surface area (Å²) in [6.07, 6.45) is 0.0735. The zero-order valence-corrected chi connectivity index (χ0v) is 14.1. The highest BCUT2D eigenvalue weighted by atomic mass is 79.9. The standard InChI is InChI=1S/C12H12BrClFNO4S/c1-20-11-4-9(15)8(13)3-10(11)16-5-7(2-12(16)17)6-21(14,18)19/h3-4,7H,2,5-6H2,1H3. The first-order chi connectivity index (χ1) is 9.71. The number of rotatable bonds is 4. The smallest absolute Gasteiger partial charge is 0.232 e. The van der Waals surface area contributed by atoms with Gasteiger partial charge in [-0.15, -0.1) is 0 Å². The predicted molar refractivity (Wildman–Crippen MR) is 80.8 cm³/mol. The van der Waals surface area contributed by atoms with E-state index in [0.717, 1.165) is 6.07 Å². The number of methoxy groups -OCH3 is 1. The molecule has 1 saturated heterocycles. The summed E-state index contributed by atoms with van der Waals surface area (Å²) in [5, 5.41) is 0. The lowest BCUT2D eigenvalue weighted by Crippen LogP contribution is -2.26. The van der Waals surface area contributed by atoms with Crippen molar-refractivity contribution in [2.45, 2.75) is 6.42 Å². The van der Waals surface area contributed by atoms with Gasteiger partial charge in [0.05, 0.1) is 23.0 Å². The van der Waals surface area contributed by atoms with Crippen molar-refractivity contribution < 1.29 is 22.3 Å². The fourth-order valence-electron chi connectivity index (χ4n) is 2.30. The third-order valence-electron chi connectivity index (χ3n) is 3.15. The number of hydrogen-bond donors (Lipinski definition) is 0. The van der Waals surface area contributed by atoms with Gasteiger partial charge < -0.3 is 9.64 Å². The van der Waals surface area contributed by atoms with Gasteiger partial charge in [-0.05, 0) is 22.0 Å². The molecule has 1 aromatic rings. The molecule has 0 bridgehead atoms. The lowest BCUT2D eigenvalue weighted by atomic mass is 10.1. The molecule has 1 aromatic carbocycles. The van der Waals surface area contributed by atoms with Crippen LogP contribution in [0.2, 0.25) is 0 Å². The number of amides is 1. The van der Waals surface area contributed by atoms with E-state index in [9.17, 15) is 17.6 Å². The Morgan fingerprint density at radius 3 is 2.76 bits per heavy atom. The molecule has 1 unspecified atom stereocenters. The van der Waals surface area contributed by atoms with Crippen LogP contribution in [-0.2, 0) is 13.8 Å². The van der Waals surface area contributed by atoms with E-state index in [4.69, 9.17) is 15.4 Å². The van der Waals surface area contributed by atoms with Gasteiger partial charge in [-0.25, -0.2) is 12.8 Å². The van der Waals surface area contributed by atoms with Crippen LogP contribution in [0.3, 0.4) is 0 Å². The molecule has 1 atom stereocenters. The second kappa shape index (κ2) is 6.10. The summed E-state index contributed by atoms with van der Waals surface area (Å²) in [7, 11) is 2.91. The minimum Gasteiger partial charge on any atom is -0.494 e. The Hall–Kier alpha value is -0.860. The first-order valence-corrected chi connectivity index (χ1v) is 9.24. The monoisotopic (exact) mass is 399 g/mol. The lowest BCUT2D eigenvalue weighted by Gasteiger charge is -2.20. The van der Waals surface area contributed by atoms with Gasteiger partial charge in [0.15, 0.2) is 0 Å². The summed E-state index contributed by atoms with van der Waals surface area (Å²) < 4.78 is 41.0. The molecule has 1 aliphatic rings. The Morgan fingerprint density at radius 2 is 2.19 bits per heavy atom. The summed E-state index contributed by atoms with van der Waals surface area (Å²) >= 11 is 3.05. The summed E-state index contributed by atoms with van der Waals surface area (Å²) in [5.74, 6) is -1.23. The van der Waals surface area contributed by atoms with Crippen LogP contribution < -0.4 is 9.64 Å². The quantitative estimate of drug-likeness (QED) is 0.729. The summed E-state index contributed by atoms with van der Waals surface area (Å²) in [4.78, 5) is 13.4. The zero-order chi connectivity index (χ0) is 15.8. The summed E-state index contributed by atoms with van der Waals surface area (Å²) in [6, 6.07) is 2.60. The predicted octanol–water partition coefficient (Wildman–Crippen LogP) is 2.52. The molecule has 116 valence electrons. The highest BCUT2D eigenvalue weighted by Crippen LogP contribution is 2.37. The van der Waals surface area contributed by atoms with E-state index in [0.29, 0.717) is 5.69 Å².